The van der Waals surface area contributed by atoms with Crippen LogP contribution in [0.5, 0.6) is 0 Å². The summed E-state index contributed by atoms with van der Waals surface area (Å²) in [5.41, 5.74) is 3.52. The van der Waals surface area contributed by atoms with Crippen LogP contribution < -0.4 is 5.32 Å². The van der Waals surface area contributed by atoms with Gasteiger partial charge in [-0.1, -0.05) is 12.5 Å². The lowest BCUT2D eigenvalue weighted by Gasteiger charge is -2.44. The molecule has 2 saturated heterocycles. The van der Waals surface area contributed by atoms with Crippen LogP contribution in [-0.2, 0) is 0 Å². The molecule has 0 unspecified atom stereocenters. The Morgan fingerprint density at radius 3 is 2.85 bits per heavy atom. The van der Waals surface area contributed by atoms with Crippen LogP contribution in [0.4, 0.5) is 0 Å². The molecular weight excluding hydrogens is 340 g/mol. The number of rotatable bonds is 4. The lowest BCUT2D eigenvalue weighted by Crippen LogP contribution is -2.51. The lowest BCUT2D eigenvalue weighted by atomic mass is 9.83. The minimum atomic E-state index is -0.0449. The smallest absolute Gasteiger partial charge is 0.253 e. The van der Waals surface area contributed by atoms with Crippen molar-refractivity contribution in [2.24, 2.45) is 5.92 Å². The van der Waals surface area contributed by atoms with E-state index in [1.807, 2.05) is 26.0 Å². The molecule has 1 amide bonds. The zero-order valence-electron chi connectivity index (χ0n) is 16.2. The van der Waals surface area contributed by atoms with Gasteiger partial charge in [0.25, 0.3) is 5.91 Å². The highest BCUT2D eigenvalue weighted by molar-refractivity contribution is 5.98. The monoisotopic (exact) mass is 368 g/mol. The second-order valence-electron chi connectivity index (χ2n) is 7.87. The third-order valence-electron chi connectivity index (χ3n) is 6.28. The molecule has 2 fully saturated rings. The molecule has 0 aliphatic carbocycles. The first-order valence-electron chi connectivity index (χ1n) is 10.0. The maximum atomic E-state index is 13.0. The summed E-state index contributed by atoms with van der Waals surface area (Å²) in [6, 6.07) is 4.50. The number of amides is 1. The average Bonchev–Trinajstić information content (AvgIpc) is 3.22. The van der Waals surface area contributed by atoms with Crippen molar-refractivity contribution in [2.45, 2.75) is 52.0 Å². The number of tetrazole rings is 1. The zero-order valence-corrected chi connectivity index (χ0v) is 16.2. The Hall–Kier alpha value is -2.28. The van der Waals surface area contributed by atoms with Crippen molar-refractivity contribution < 1.29 is 4.79 Å². The maximum absolute atomic E-state index is 13.0. The van der Waals surface area contributed by atoms with Gasteiger partial charge in [-0.3, -0.25) is 4.79 Å². The molecule has 2 aliphatic heterocycles. The number of nitrogens with one attached hydrogen (secondary N) is 1. The van der Waals surface area contributed by atoms with E-state index in [1.54, 1.807) is 11.0 Å². The van der Waals surface area contributed by atoms with Gasteiger partial charge in [0.1, 0.15) is 6.33 Å². The molecule has 1 aromatic carbocycles. The molecule has 2 atom stereocenters. The van der Waals surface area contributed by atoms with Crippen LogP contribution in [0.3, 0.4) is 0 Å². The van der Waals surface area contributed by atoms with Crippen molar-refractivity contribution in [1.29, 1.82) is 0 Å². The molecule has 4 rings (SSSR count). The summed E-state index contributed by atoms with van der Waals surface area (Å²) < 4.78 is 1.58. The second kappa shape index (κ2) is 7.76. The minimum Gasteiger partial charge on any atom is -0.352 e. The molecule has 2 aromatic rings. The summed E-state index contributed by atoms with van der Waals surface area (Å²) in [6.45, 7) is 7.21. The molecule has 0 saturated carbocycles. The standard InChI is InChI=1S/C20H28N6O/c1-14-8-9-17(19(15(14)2)26-13-22-23-24-26)20(27)21-12-16-6-5-11-25-10-4-3-7-18(16)25/h8-9,13,16,18H,3-7,10-12H2,1-2H3,(H,21,27)/t16-,18+/m0/s1. The van der Waals surface area contributed by atoms with Gasteiger partial charge in [0.15, 0.2) is 0 Å². The molecule has 1 aromatic heterocycles. The Labute approximate surface area is 160 Å². The number of hydrogen-bond acceptors (Lipinski definition) is 5. The number of benzene rings is 1. The summed E-state index contributed by atoms with van der Waals surface area (Å²) in [5, 5.41) is 14.7. The fourth-order valence-corrected chi connectivity index (χ4v) is 4.68. The molecule has 144 valence electrons. The highest BCUT2D eigenvalue weighted by Crippen LogP contribution is 2.30. The van der Waals surface area contributed by atoms with Crippen LogP contribution in [0.1, 0.15) is 53.6 Å². The summed E-state index contributed by atoms with van der Waals surface area (Å²) in [4.78, 5) is 15.7. The van der Waals surface area contributed by atoms with Crippen molar-refractivity contribution in [3.05, 3.63) is 35.2 Å². The van der Waals surface area contributed by atoms with Gasteiger partial charge in [0.2, 0.25) is 0 Å². The Balaban J connectivity index is 1.51. The van der Waals surface area contributed by atoms with Gasteiger partial charge in [0, 0.05) is 12.6 Å². The number of nitrogens with zero attached hydrogens (tertiary/aromatic N) is 5. The summed E-state index contributed by atoms with van der Waals surface area (Å²) in [7, 11) is 0. The highest BCUT2D eigenvalue weighted by Gasteiger charge is 2.33. The minimum absolute atomic E-state index is 0.0449. The number of carbonyl (C=O) groups excluding carboxylic acids is 1. The fourth-order valence-electron chi connectivity index (χ4n) is 4.68. The van der Waals surface area contributed by atoms with E-state index in [4.69, 9.17) is 0 Å². The molecular formula is C20H28N6O. The van der Waals surface area contributed by atoms with Crippen molar-refractivity contribution in [3.8, 4) is 5.69 Å². The van der Waals surface area contributed by atoms with Crippen LogP contribution in [-0.4, -0.2) is 56.7 Å². The summed E-state index contributed by atoms with van der Waals surface area (Å²) in [5.74, 6) is 0.502. The molecule has 1 N–H and O–H groups in total. The van der Waals surface area contributed by atoms with Crippen molar-refractivity contribution >= 4 is 5.91 Å². The van der Waals surface area contributed by atoms with E-state index in [1.165, 1.54) is 45.2 Å². The van der Waals surface area contributed by atoms with Gasteiger partial charge < -0.3 is 10.2 Å². The number of carbonyl (C=O) groups is 1. The van der Waals surface area contributed by atoms with E-state index in [0.29, 0.717) is 17.5 Å². The molecule has 7 heteroatoms. The third kappa shape index (κ3) is 3.60. The van der Waals surface area contributed by atoms with Gasteiger partial charge in [-0.25, -0.2) is 0 Å². The highest BCUT2D eigenvalue weighted by atomic mass is 16.1. The van der Waals surface area contributed by atoms with E-state index in [-0.39, 0.29) is 5.91 Å². The van der Waals surface area contributed by atoms with Crippen LogP contribution in [0.25, 0.3) is 5.69 Å². The van der Waals surface area contributed by atoms with Crippen molar-refractivity contribution in [2.75, 3.05) is 19.6 Å². The SMILES string of the molecule is Cc1ccc(C(=O)NC[C@@H]2CCCN3CCCC[C@H]23)c(-n2cnnn2)c1C. The van der Waals surface area contributed by atoms with E-state index in [0.717, 1.165) is 23.4 Å². The average molecular weight is 368 g/mol. The number of fused-ring (bicyclic) bond motifs is 1. The number of hydrogen-bond donors (Lipinski definition) is 1. The van der Waals surface area contributed by atoms with Crippen molar-refractivity contribution in [3.63, 3.8) is 0 Å². The van der Waals surface area contributed by atoms with Gasteiger partial charge in [0.05, 0.1) is 11.3 Å². The predicted octanol–water partition coefficient (Wildman–Crippen LogP) is 2.27. The van der Waals surface area contributed by atoms with Crippen LogP contribution in [0.2, 0.25) is 0 Å². The van der Waals surface area contributed by atoms with Crippen molar-refractivity contribution in [1.82, 2.24) is 30.4 Å². The molecule has 3 heterocycles. The number of aryl methyl sites for hydroxylation is 1. The lowest BCUT2D eigenvalue weighted by molar-refractivity contribution is 0.0575. The predicted molar refractivity (Wildman–Crippen MR) is 103 cm³/mol. The first-order valence-corrected chi connectivity index (χ1v) is 10.0. The summed E-state index contributed by atoms with van der Waals surface area (Å²) >= 11 is 0. The topological polar surface area (TPSA) is 75.9 Å². The van der Waals surface area contributed by atoms with Gasteiger partial charge in [-0.15, -0.1) is 5.10 Å². The number of aromatic nitrogens is 4. The second-order valence-corrected chi connectivity index (χ2v) is 7.87. The normalized spacial score (nSPS) is 23.0. The van der Waals surface area contributed by atoms with Crippen LogP contribution in [0.15, 0.2) is 18.5 Å². The first-order chi connectivity index (χ1) is 13.1. The number of piperidine rings is 2. The van der Waals surface area contributed by atoms with Crippen LogP contribution >= 0.6 is 0 Å². The quantitative estimate of drug-likeness (QED) is 0.896. The van der Waals surface area contributed by atoms with E-state index in [2.05, 4.69) is 25.7 Å². The Morgan fingerprint density at radius 1 is 1.19 bits per heavy atom. The molecule has 0 bridgehead atoms. The first kappa shape index (κ1) is 18.1. The van der Waals surface area contributed by atoms with Gasteiger partial charge in [-0.2, -0.15) is 4.68 Å². The maximum Gasteiger partial charge on any atom is 0.253 e. The van der Waals surface area contributed by atoms with E-state index >= 15 is 0 Å². The summed E-state index contributed by atoms with van der Waals surface area (Å²) in [6.07, 6.45) is 7.87. The molecule has 2 aliphatic rings. The molecule has 0 spiro atoms. The Bertz CT molecular complexity index is 801. The zero-order chi connectivity index (χ0) is 18.8. The van der Waals surface area contributed by atoms with E-state index in [9.17, 15) is 4.79 Å². The Kier molecular flexibility index (Phi) is 5.20. The van der Waals surface area contributed by atoms with Gasteiger partial charge >= 0.3 is 0 Å². The molecule has 27 heavy (non-hydrogen) atoms. The third-order valence-corrected chi connectivity index (χ3v) is 6.28. The fraction of sp³-hybridized carbons (Fsp3) is 0.600. The van der Waals surface area contributed by atoms with Crippen LogP contribution in [0, 0.1) is 19.8 Å². The van der Waals surface area contributed by atoms with Gasteiger partial charge in [-0.05, 0) is 86.2 Å². The van der Waals surface area contributed by atoms with E-state index < -0.39 is 0 Å². The molecule has 0 radical (unpaired) electrons. The molecule has 7 nitrogen and oxygen atoms in total. The largest absolute Gasteiger partial charge is 0.352 e. The Morgan fingerprint density at radius 2 is 2.04 bits per heavy atom.